The van der Waals surface area contributed by atoms with Gasteiger partial charge in [-0.3, -0.25) is 0 Å². The molecule has 1 heterocycles. The summed E-state index contributed by atoms with van der Waals surface area (Å²) in [5, 5.41) is 11.4. The number of hydrogen-bond acceptors (Lipinski definition) is 2. The Morgan fingerprint density at radius 3 is 2.92 bits per heavy atom. The van der Waals surface area contributed by atoms with Crippen molar-refractivity contribution in [2.45, 2.75) is 5.33 Å². The zero-order valence-corrected chi connectivity index (χ0v) is 11.1. The van der Waals surface area contributed by atoms with E-state index in [1.165, 1.54) is 13.1 Å². The summed E-state index contributed by atoms with van der Waals surface area (Å²) in [5.41, 5.74) is 0. The van der Waals surface area contributed by atoms with Gasteiger partial charge in [0.1, 0.15) is 5.75 Å². The highest BCUT2D eigenvalue weighted by atomic mass is 127. The average Bonchev–Trinajstić information content (AvgIpc) is 2.44. The van der Waals surface area contributed by atoms with E-state index in [1.54, 1.807) is 17.4 Å². The number of phenolic OH excluding ortho intramolecular Hbond substituents is 1. The van der Waals surface area contributed by atoms with Gasteiger partial charge in [0.2, 0.25) is 0 Å². The van der Waals surface area contributed by atoms with E-state index in [9.17, 15) is 5.11 Å². The van der Waals surface area contributed by atoms with Crippen LogP contribution in [0.15, 0.2) is 18.2 Å². The standard InChI is InChI=1S/C9H6BrIOS/c10-4-8-9(11)6-3-5(12)1-2-7(6)13-8/h1-3,12H,4H2. The van der Waals surface area contributed by atoms with Crippen molar-refractivity contribution in [1.82, 2.24) is 0 Å². The molecule has 0 saturated heterocycles. The minimum absolute atomic E-state index is 0.337. The first-order valence-electron chi connectivity index (χ1n) is 3.68. The van der Waals surface area contributed by atoms with Gasteiger partial charge in [-0.05, 0) is 40.8 Å². The summed E-state index contributed by atoms with van der Waals surface area (Å²) in [4.78, 5) is 1.32. The SMILES string of the molecule is Oc1ccc2sc(CBr)c(I)c2c1. The van der Waals surface area contributed by atoms with Gasteiger partial charge in [0, 0.05) is 23.9 Å². The first-order valence-corrected chi connectivity index (χ1v) is 6.70. The molecular weight excluding hydrogens is 363 g/mol. The summed E-state index contributed by atoms with van der Waals surface area (Å²) in [6, 6.07) is 5.51. The highest BCUT2D eigenvalue weighted by Gasteiger charge is 2.08. The van der Waals surface area contributed by atoms with Gasteiger partial charge in [-0.15, -0.1) is 11.3 Å². The first-order chi connectivity index (χ1) is 6.22. The van der Waals surface area contributed by atoms with Crippen LogP contribution in [0, 0.1) is 3.57 Å². The molecule has 0 unspecified atom stereocenters. The molecule has 2 rings (SSSR count). The molecule has 68 valence electrons. The number of benzene rings is 1. The molecule has 4 heteroatoms. The fraction of sp³-hybridized carbons (Fsp3) is 0.111. The van der Waals surface area contributed by atoms with E-state index in [4.69, 9.17) is 0 Å². The second-order valence-electron chi connectivity index (χ2n) is 2.65. The lowest BCUT2D eigenvalue weighted by molar-refractivity contribution is 0.476. The Bertz CT molecular complexity index is 452. The normalized spacial score (nSPS) is 10.9. The number of aromatic hydroxyl groups is 1. The minimum atomic E-state index is 0.337. The summed E-state index contributed by atoms with van der Waals surface area (Å²) in [7, 11) is 0. The molecule has 0 fully saturated rings. The van der Waals surface area contributed by atoms with Gasteiger partial charge in [-0.1, -0.05) is 15.9 Å². The molecular formula is C9H6BrIOS. The highest BCUT2D eigenvalue weighted by Crippen LogP contribution is 2.35. The maximum Gasteiger partial charge on any atom is 0.116 e. The monoisotopic (exact) mass is 368 g/mol. The molecule has 1 aromatic heterocycles. The third-order valence-electron chi connectivity index (χ3n) is 1.80. The lowest BCUT2D eigenvalue weighted by Crippen LogP contribution is -1.72. The van der Waals surface area contributed by atoms with Crippen LogP contribution < -0.4 is 0 Å². The fourth-order valence-electron chi connectivity index (χ4n) is 1.19. The number of phenols is 1. The van der Waals surface area contributed by atoms with Crippen molar-refractivity contribution in [3.05, 3.63) is 26.6 Å². The van der Waals surface area contributed by atoms with Gasteiger partial charge in [-0.2, -0.15) is 0 Å². The molecule has 1 nitrogen and oxygen atoms in total. The van der Waals surface area contributed by atoms with E-state index < -0.39 is 0 Å². The summed E-state index contributed by atoms with van der Waals surface area (Å²) in [5.74, 6) is 0.337. The first kappa shape index (κ1) is 9.73. The van der Waals surface area contributed by atoms with Gasteiger partial charge in [0.25, 0.3) is 0 Å². The summed E-state index contributed by atoms with van der Waals surface area (Å²) in [6.07, 6.45) is 0. The van der Waals surface area contributed by atoms with Crippen molar-refractivity contribution in [2.24, 2.45) is 0 Å². The van der Waals surface area contributed by atoms with Crippen LogP contribution in [-0.4, -0.2) is 5.11 Å². The molecule has 0 aliphatic rings. The highest BCUT2D eigenvalue weighted by molar-refractivity contribution is 14.1. The molecule has 0 atom stereocenters. The van der Waals surface area contributed by atoms with E-state index in [2.05, 4.69) is 38.5 Å². The van der Waals surface area contributed by atoms with Crippen LogP contribution in [0.2, 0.25) is 0 Å². The van der Waals surface area contributed by atoms with Crippen molar-refractivity contribution < 1.29 is 5.11 Å². The van der Waals surface area contributed by atoms with Gasteiger partial charge >= 0.3 is 0 Å². The van der Waals surface area contributed by atoms with Crippen LogP contribution in [0.1, 0.15) is 4.88 Å². The van der Waals surface area contributed by atoms with Gasteiger partial charge in [-0.25, -0.2) is 0 Å². The van der Waals surface area contributed by atoms with E-state index in [0.717, 1.165) is 10.7 Å². The predicted molar refractivity (Wildman–Crippen MR) is 68.8 cm³/mol. The number of alkyl halides is 1. The third kappa shape index (κ3) is 1.71. The molecule has 0 radical (unpaired) electrons. The Kier molecular flexibility index (Phi) is 2.80. The number of hydrogen-bond donors (Lipinski definition) is 1. The van der Waals surface area contributed by atoms with Crippen LogP contribution in [0.3, 0.4) is 0 Å². The van der Waals surface area contributed by atoms with Crippen molar-refractivity contribution in [3.8, 4) is 5.75 Å². The molecule has 1 N–H and O–H groups in total. The fourth-order valence-corrected chi connectivity index (χ4v) is 4.42. The molecule has 0 saturated carbocycles. The zero-order valence-electron chi connectivity index (χ0n) is 6.55. The van der Waals surface area contributed by atoms with Crippen molar-refractivity contribution in [3.63, 3.8) is 0 Å². The van der Waals surface area contributed by atoms with E-state index in [1.807, 2.05) is 12.1 Å². The maximum atomic E-state index is 9.33. The second kappa shape index (κ2) is 3.74. The van der Waals surface area contributed by atoms with Gasteiger partial charge in [0.15, 0.2) is 0 Å². The summed E-state index contributed by atoms with van der Waals surface area (Å²) >= 11 is 7.54. The van der Waals surface area contributed by atoms with Crippen LogP contribution in [0.5, 0.6) is 5.75 Å². The molecule has 0 amide bonds. The van der Waals surface area contributed by atoms with Gasteiger partial charge < -0.3 is 5.11 Å². The van der Waals surface area contributed by atoms with Crippen LogP contribution in [-0.2, 0) is 5.33 Å². The Labute approximate surface area is 102 Å². The van der Waals surface area contributed by atoms with Crippen molar-refractivity contribution in [2.75, 3.05) is 0 Å². The van der Waals surface area contributed by atoms with Crippen LogP contribution in [0.25, 0.3) is 10.1 Å². The average molecular weight is 369 g/mol. The second-order valence-corrected chi connectivity index (χ2v) is 5.43. The molecule has 0 aliphatic carbocycles. The van der Waals surface area contributed by atoms with Crippen LogP contribution in [0.4, 0.5) is 0 Å². The summed E-state index contributed by atoms with van der Waals surface area (Å²) in [6.45, 7) is 0. The van der Waals surface area contributed by atoms with E-state index in [0.29, 0.717) is 5.75 Å². The molecule has 13 heavy (non-hydrogen) atoms. The smallest absolute Gasteiger partial charge is 0.116 e. The molecule has 1 aromatic carbocycles. The molecule has 2 aromatic rings. The van der Waals surface area contributed by atoms with E-state index >= 15 is 0 Å². The van der Waals surface area contributed by atoms with Gasteiger partial charge in [0.05, 0.1) is 0 Å². The quantitative estimate of drug-likeness (QED) is 0.593. The van der Waals surface area contributed by atoms with Crippen molar-refractivity contribution >= 4 is 59.9 Å². The van der Waals surface area contributed by atoms with E-state index in [-0.39, 0.29) is 0 Å². The largest absolute Gasteiger partial charge is 0.508 e. The molecule has 0 aliphatic heterocycles. The molecule has 0 bridgehead atoms. The number of thiophene rings is 1. The Morgan fingerprint density at radius 1 is 1.46 bits per heavy atom. The van der Waals surface area contributed by atoms with Crippen LogP contribution >= 0.6 is 49.9 Å². The molecule has 0 spiro atoms. The number of rotatable bonds is 1. The topological polar surface area (TPSA) is 20.2 Å². The lowest BCUT2D eigenvalue weighted by Gasteiger charge is -1.92. The number of halogens is 2. The Hall–Kier alpha value is 0.190. The predicted octanol–water partition coefficient (Wildman–Crippen LogP) is 4.11. The maximum absolute atomic E-state index is 9.33. The Balaban J connectivity index is 2.77. The number of fused-ring (bicyclic) bond motifs is 1. The lowest BCUT2D eigenvalue weighted by atomic mass is 10.2. The summed E-state index contributed by atoms with van der Waals surface area (Å²) < 4.78 is 2.47. The third-order valence-corrected chi connectivity index (χ3v) is 5.50. The zero-order chi connectivity index (χ0) is 9.42. The van der Waals surface area contributed by atoms with Crippen molar-refractivity contribution in [1.29, 1.82) is 0 Å². The minimum Gasteiger partial charge on any atom is -0.508 e. The Morgan fingerprint density at radius 2 is 2.23 bits per heavy atom.